The molecule has 0 atom stereocenters. The van der Waals surface area contributed by atoms with Gasteiger partial charge in [-0.3, -0.25) is 4.57 Å². The lowest BCUT2D eigenvalue weighted by Gasteiger charge is -2.04. The number of aromatic nitrogens is 1. The Morgan fingerprint density at radius 2 is 1.90 bits per heavy atom. The van der Waals surface area contributed by atoms with Crippen molar-refractivity contribution >= 4 is 34.3 Å². The number of thiazole rings is 1. The van der Waals surface area contributed by atoms with Crippen molar-refractivity contribution in [3.8, 4) is 23.7 Å². The van der Waals surface area contributed by atoms with E-state index in [0.29, 0.717) is 9.64 Å². The zero-order valence-corrected chi connectivity index (χ0v) is 12.0. The highest BCUT2D eigenvalue weighted by Gasteiger charge is 2.13. The number of aliphatic imine (C=N–C) groups is 1. The number of nitriles is 2. The molecule has 1 aromatic carbocycles. The average Bonchev–Trinajstić information content (AvgIpc) is 2.72. The van der Waals surface area contributed by atoms with Crippen LogP contribution >= 0.6 is 23.6 Å². The Morgan fingerprint density at radius 1 is 1.30 bits per heavy atom. The third kappa shape index (κ3) is 2.59. The van der Waals surface area contributed by atoms with Crippen molar-refractivity contribution in [3.63, 3.8) is 0 Å². The Labute approximate surface area is 124 Å². The van der Waals surface area contributed by atoms with Crippen LogP contribution in [0, 0.1) is 33.5 Å². The molecule has 5 nitrogen and oxygen atoms in total. The lowest BCUT2D eigenvalue weighted by molar-refractivity contribution is 0.444. The summed E-state index contributed by atoms with van der Waals surface area (Å²) in [6, 6.07) is 10.7. The van der Waals surface area contributed by atoms with Gasteiger partial charge in [0.2, 0.25) is 11.6 Å². The molecule has 1 heterocycles. The second kappa shape index (κ2) is 5.66. The quantitative estimate of drug-likeness (QED) is 0.680. The van der Waals surface area contributed by atoms with Crippen molar-refractivity contribution in [3.05, 3.63) is 33.8 Å². The molecule has 2 aromatic rings. The van der Waals surface area contributed by atoms with Gasteiger partial charge in [-0.05, 0) is 31.3 Å². The number of rotatable bonds is 2. The van der Waals surface area contributed by atoms with Gasteiger partial charge in [0, 0.05) is 0 Å². The maximum Gasteiger partial charge on any atom is 0.234 e. The molecule has 0 saturated heterocycles. The topological polar surface area (TPSA) is 85.1 Å². The second-order valence-electron chi connectivity index (χ2n) is 3.85. The molecule has 1 N–H and O–H groups in total. The van der Waals surface area contributed by atoms with Gasteiger partial charge < -0.3 is 5.11 Å². The number of aromatic hydroxyl groups is 1. The SMILES string of the molecule is Cc1ccc(-n2c(O)c(N=C(C#N)C#N)sc2=S)cc1. The Kier molecular flexibility index (Phi) is 3.94. The minimum atomic E-state index is -0.326. The van der Waals surface area contributed by atoms with Crippen LogP contribution in [-0.2, 0) is 0 Å². The van der Waals surface area contributed by atoms with E-state index in [9.17, 15) is 5.11 Å². The van der Waals surface area contributed by atoms with Crippen molar-refractivity contribution in [2.24, 2.45) is 4.99 Å². The molecule has 1 aromatic heterocycles. The van der Waals surface area contributed by atoms with E-state index in [0.717, 1.165) is 16.9 Å². The minimum absolute atomic E-state index is 0.147. The van der Waals surface area contributed by atoms with E-state index in [1.54, 1.807) is 12.1 Å². The van der Waals surface area contributed by atoms with Crippen LogP contribution in [0.15, 0.2) is 29.3 Å². The highest BCUT2D eigenvalue weighted by atomic mass is 32.1. The predicted octanol–water partition coefficient (Wildman–Crippen LogP) is 3.40. The van der Waals surface area contributed by atoms with Crippen LogP contribution in [0.5, 0.6) is 5.88 Å². The number of hydrogen-bond donors (Lipinski definition) is 1. The summed E-state index contributed by atoms with van der Waals surface area (Å²) in [4.78, 5) is 3.80. The highest BCUT2D eigenvalue weighted by molar-refractivity contribution is 7.73. The van der Waals surface area contributed by atoms with E-state index in [1.807, 2.05) is 31.2 Å². The molecular weight excluding hydrogens is 292 g/mol. The summed E-state index contributed by atoms with van der Waals surface area (Å²) >= 11 is 6.22. The maximum absolute atomic E-state index is 10.2. The van der Waals surface area contributed by atoms with Crippen molar-refractivity contribution < 1.29 is 5.11 Å². The molecular formula is C13H8N4OS2. The fourth-order valence-electron chi connectivity index (χ4n) is 1.53. The van der Waals surface area contributed by atoms with E-state index < -0.39 is 0 Å². The molecule has 0 spiro atoms. The monoisotopic (exact) mass is 300 g/mol. The zero-order valence-electron chi connectivity index (χ0n) is 10.4. The van der Waals surface area contributed by atoms with Crippen molar-refractivity contribution in [1.29, 1.82) is 10.5 Å². The molecule has 0 aliphatic carbocycles. The Morgan fingerprint density at radius 3 is 2.45 bits per heavy atom. The molecule has 7 heteroatoms. The van der Waals surface area contributed by atoms with Gasteiger partial charge in [-0.1, -0.05) is 29.0 Å². The Hall–Kier alpha value is -2.48. The lowest BCUT2D eigenvalue weighted by atomic mass is 10.2. The first-order valence-corrected chi connectivity index (χ1v) is 6.70. The van der Waals surface area contributed by atoms with E-state index >= 15 is 0 Å². The Bertz CT molecular complexity index is 800. The first-order valence-electron chi connectivity index (χ1n) is 5.47. The summed E-state index contributed by atoms with van der Waals surface area (Å²) in [6.45, 7) is 1.96. The van der Waals surface area contributed by atoms with Gasteiger partial charge >= 0.3 is 0 Å². The third-order valence-corrected chi connectivity index (χ3v) is 3.74. The fourth-order valence-corrected chi connectivity index (χ4v) is 2.72. The van der Waals surface area contributed by atoms with Gasteiger partial charge in [-0.15, -0.1) is 0 Å². The second-order valence-corrected chi connectivity index (χ2v) is 5.47. The summed E-state index contributed by atoms with van der Waals surface area (Å²) in [7, 11) is 0. The van der Waals surface area contributed by atoms with Crippen molar-refractivity contribution in [2.45, 2.75) is 6.92 Å². The van der Waals surface area contributed by atoms with Crippen LogP contribution in [0.3, 0.4) is 0 Å². The first kappa shape index (κ1) is 13.9. The van der Waals surface area contributed by atoms with Crippen molar-refractivity contribution in [1.82, 2.24) is 4.57 Å². The van der Waals surface area contributed by atoms with Gasteiger partial charge in [-0.2, -0.15) is 10.5 Å². The predicted molar refractivity (Wildman–Crippen MR) is 79.2 cm³/mol. The number of hydrogen-bond acceptors (Lipinski definition) is 6. The van der Waals surface area contributed by atoms with Crippen LogP contribution in [0.2, 0.25) is 0 Å². The van der Waals surface area contributed by atoms with E-state index in [2.05, 4.69) is 4.99 Å². The molecule has 2 rings (SSSR count). The molecule has 0 saturated carbocycles. The summed E-state index contributed by atoms with van der Waals surface area (Å²) in [5, 5.41) is 27.7. The minimum Gasteiger partial charge on any atom is -0.492 e. The van der Waals surface area contributed by atoms with Crippen LogP contribution < -0.4 is 0 Å². The first-order chi connectivity index (χ1) is 9.56. The van der Waals surface area contributed by atoms with Crippen LogP contribution in [0.25, 0.3) is 5.69 Å². The zero-order chi connectivity index (χ0) is 14.7. The number of aryl methyl sites for hydroxylation is 1. The van der Waals surface area contributed by atoms with Gasteiger partial charge in [0.1, 0.15) is 12.1 Å². The fraction of sp³-hybridized carbons (Fsp3) is 0.0769. The molecule has 0 bridgehead atoms. The van der Waals surface area contributed by atoms with Gasteiger partial charge in [0.05, 0.1) is 5.69 Å². The average molecular weight is 300 g/mol. The molecule has 98 valence electrons. The lowest BCUT2D eigenvalue weighted by Crippen LogP contribution is -1.92. The smallest absolute Gasteiger partial charge is 0.234 e. The maximum atomic E-state index is 10.2. The highest BCUT2D eigenvalue weighted by Crippen LogP contribution is 2.36. The summed E-state index contributed by atoms with van der Waals surface area (Å²) in [5.74, 6) is -0.174. The molecule has 0 radical (unpaired) electrons. The van der Waals surface area contributed by atoms with E-state index in [1.165, 1.54) is 4.57 Å². The molecule has 0 fully saturated rings. The summed E-state index contributed by atoms with van der Waals surface area (Å²) in [6.07, 6.45) is 0. The summed E-state index contributed by atoms with van der Waals surface area (Å²) < 4.78 is 1.84. The number of nitrogens with zero attached hydrogens (tertiary/aromatic N) is 4. The van der Waals surface area contributed by atoms with Crippen LogP contribution in [-0.4, -0.2) is 15.4 Å². The van der Waals surface area contributed by atoms with Gasteiger partial charge in [-0.25, -0.2) is 4.99 Å². The van der Waals surface area contributed by atoms with Gasteiger partial charge in [0.15, 0.2) is 8.96 Å². The number of benzene rings is 1. The molecule has 0 aliphatic heterocycles. The normalized spacial score (nSPS) is 9.55. The van der Waals surface area contributed by atoms with Crippen LogP contribution in [0.4, 0.5) is 5.00 Å². The molecule has 20 heavy (non-hydrogen) atoms. The molecule has 0 unspecified atom stereocenters. The van der Waals surface area contributed by atoms with Crippen LogP contribution in [0.1, 0.15) is 5.56 Å². The van der Waals surface area contributed by atoms with E-state index in [-0.39, 0.29) is 16.6 Å². The van der Waals surface area contributed by atoms with Gasteiger partial charge in [0.25, 0.3) is 0 Å². The van der Waals surface area contributed by atoms with Crippen molar-refractivity contribution in [2.75, 3.05) is 0 Å². The standard InChI is InChI=1S/C13H8N4OS2/c1-8-2-4-10(5-3-8)17-12(18)11(20-13(17)19)16-9(6-14)7-15/h2-5,18H,1H3. The summed E-state index contributed by atoms with van der Waals surface area (Å²) in [5.41, 5.74) is 1.46. The molecule has 0 amide bonds. The third-order valence-electron chi connectivity index (χ3n) is 2.49. The largest absolute Gasteiger partial charge is 0.492 e. The van der Waals surface area contributed by atoms with E-state index in [4.69, 9.17) is 22.7 Å². The molecule has 0 aliphatic rings. The Balaban J connectivity index is 2.59.